The molecule has 118 valence electrons. The third-order valence-electron chi connectivity index (χ3n) is 4.01. The van der Waals surface area contributed by atoms with Gasteiger partial charge in [0.2, 0.25) is 10.0 Å². The molecule has 21 heavy (non-hydrogen) atoms. The minimum absolute atomic E-state index is 0.354. The van der Waals surface area contributed by atoms with E-state index in [1.165, 1.54) is 0 Å². The van der Waals surface area contributed by atoms with Crippen LogP contribution in [0.5, 0.6) is 5.75 Å². The molecule has 0 spiro atoms. The molecule has 2 rings (SSSR count). The Kier molecular flexibility index (Phi) is 5.24. The number of nitrogens with one attached hydrogen (secondary N) is 2. The van der Waals surface area contributed by atoms with E-state index in [4.69, 9.17) is 4.74 Å². The topological polar surface area (TPSA) is 67.4 Å². The van der Waals surface area contributed by atoms with Gasteiger partial charge in [-0.15, -0.1) is 0 Å². The Bertz CT molecular complexity index is 587. The van der Waals surface area contributed by atoms with Crippen molar-refractivity contribution in [2.75, 3.05) is 27.2 Å². The Morgan fingerprint density at radius 3 is 2.67 bits per heavy atom. The fourth-order valence-corrected chi connectivity index (χ4v) is 3.72. The predicted octanol–water partition coefficient (Wildman–Crippen LogP) is 1.39. The maximum atomic E-state index is 12.5. The number of ether oxygens (including phenoxy) is 1. The van der Waals surface area contributed by atoms with Crippen LogP contribution in [0.15, 0.2) is 23.1 Å². The van der Waals surface area contributed by atoms with E-state index >= 15 is 0 Å². The third-order valence-corrected chi connectivity index (χ3v) is 5.54. The molecule has 1 aromatic rings. The molecule has 1 aromatic carbocycles. The van der Waals surface area contributed by atoms with Crippen LogP contribution in [-0.4, -0.2) is 35.7 Å². The summed E-state index contributed by atoms with van der Waals surface area (Å²) < 4.78 is 32.9. The highest BCUT2D eigenvalue weighted by Crippen LogP contribution is 2.37. The zero-order valence-electron chi connectivity index (χ0n) is 12.8. The first-order valence-corrected chi connectivity index (χ1v) is 8.77. The van der Waals surface area contributed by atoms with E-state index < -0.39 is 10.0 Å². The smallest absolute Gasteiger partial charge is 0.240 e. The van der Waals surface area contributed by atoms with Gasteiger partial charge in [-0.05, 0) is 62.0 Å². The number of benzene rings is 1. The summed E-state index contributed by atoms with van der Waals surface area (Å²) in [6.45, 7) is 3.39. The Balaban J connectivity index is 2.18. The summed E-state index contributed by atoms with van der Waals surface area (Å²) in [5.41, 5.74) is 0.778. The maximum Gasteiger partial charge on any atom is 0.240 e. The van der Waals surface area contributed by atoms with E-state index in [1.807, 2.05) is 7.05 Å². The van der Waals surface area contributed by atoms with Crippen molar-refractivity contribution in [3.8, 4) is 5.75 Å². The fraction of sp³-hybridized carbons (Fsp3) is 0.600. The van der Waals surface area contributed by atoms with Gasteiger partial charge in [0.05, 0.1) is 12.0 Å². The molecule has 0 aromatic heterocycles. The molecule has 0 amide bonds. The van der Waals surface area contributed by atoms with Crippen molar-refractivity contribution < 1.29 is 13.2 Å². The summed E-state index contributed by atoms with van der Waals surface area (Å²) in [5.74, 6) is 1.79. The number of methoxy groups -OCH3 is 1. The van der Waals surface area contributed by atoms with Crippen molar-refractivity contribution in [2.45, 2.75) is 24.7 Å². The Hall–Kier alpha value is -1.11. The van der Waals surface area contributed by atoms with Gasteiger partial charge in [-0.2, -0.15) is 0 Å². The summed E-state index contributed by atoms with van der Waals surface area (Å²) in [5, 5.41) is 3.04. The Labute approximate surface area is 127 Å². The maximum absolute atomic E-state index is 12.5. The first-order valence-electron chi connectivity index (χ1n) is 7.29. The zero-order chi connectivity index (χ0) is 15.5. The lowest BCUT2D eigenvalue weighted by molar-refractivity contribution is 0.413. The zero-order valence-corrected chi connectivity index (χ0v) is 13.7. The normalized spacial score (nSPS) is 21.3. The van der Waals surface area contributed by atoms with Crippen molar-refractivity contribution in [3.63, 3.8) is 0 Å². The van der Waals surface area contributed by atoms with Crippen molar-refractivity contribution in [3.05, 3.63) is 23.8 Å². The van der Waals surface area contributed by atoms with Crippen LogP contribution in [0.1, 0.15) is 18.9 Å². The van der Waals surface area contributed by atoms with Crippen molar-refractivity contribution in [2.24, 2.45) is 11.8 Å². The van der Waals surface area contributed by atoms with E-state index in [1.54, 1.807) is 25.3 Å². The minimum atomic E-state index is -3.46. The van der Waals surface area contributed by atoms with Crippen molar-refractivity contribution in [1.29, 1.82) is 0 Å². The second-order valence-electron chi connectivity index (χ2n) is 5.65. The number of hydrogen-bond acceptors (Lipinski definition) is 4. The first-order chi connectivity index (χ1) is 9.97. The summed E-state index contributed by atoms with van der Waals surface area (Å²) in [6.07, 6.45) is 1.75. The molecule has 1 aliphatic rings. The molecule has 2 N–H and O–H groups in total. The van der Waals surface area contributed by atoms with E-state index in [-0.39, 0.29) is 0 Å². The molecule has 1 saturated carbocycles. The molecule has 1 aliphatic carbocycles. The third kappa shape index (κ3) is 4.18. The highest BCUT2D eigenvalue weighted by Gasteiger charge is 2.33. The lowest BCUT2D eigenvalue weighted by Crippen LogP contribution is -2.27. The molecule has 6 heteroatoms. The Morgan fingerprint density at radius 1 is 1.38 bits per heavy atom. The molecular formula is C15H24N2O3S. The van der Waals surface area contributed by atoms with E-state index in [9.17, 15) is 8.42 Å². The average Bonchev–Trinajstić information content (AvgIpc) is 3.18. The Morgan fingerprint density at radius 2 is 2.10 bits per heavy atom. The molecular weight excluding hydrogens is 288 g/mol. The highest BCUT2D eigenvalue weighted by molar-refractivity contribution is 7.89. The van der Waals surface area contributed by atoms with Gasteiger partial charge >= 0.3 is 0 Å². The molecule has 0 radical (unpaired) electrons. The molecule has 0 saturated heterocycles. The summed E-state index contributed by atoms with van der Waals surface area (Å²) >= 11 is 0. The van der Waals surface area contributed by atoms with Crippen LogP contribution < -0.4 is 14.8 Å². The van der Waals surface area contributed by atoms with Gasteiger partial charge in [-0.1, -0.05) is 6.92 Å². The van der Waals surface area contributed by atoms with Crippen LogP contribution in [-0.2, 0) is 16.4 Å². The van der Waals surface area contributed by atoms with E-state index in [0.717, 1.165) is 18.5 Å². The van der Waals surface area contributed by atoms with Crippen molar-refractivity contribution >= 4 is 10.0 Å². The number of sulfonamides is 1. The van der Waals surface area contributed by atoms with Crippen LogP contribution in [0.2, 0.25) is 0 Å². The number of rotatable bonds is 8. The fourth-order valence-electron chi connectivity index (χ4n) is 2.38. The second-order valence-corrected chi connectivity index (χ2v) is 7.39. The van der Waals surface area contributed by atoms with Crippen LogP contribution in [0.4, 0.5) is 0 Å². The van der Waals surface area contributed by atoms with Crippen LogP contribution in [0.3, 0.4) is 0 Å². The van der Waals surface area contributed by atoms with Gasteiger partial charge in [0, 0.05) is 6.54 Å². The molecule has 5 nitrogen and oxygen atoms in total. The highest BCUT2D eigenvalue weighted by atomic mass is 32.2. The van der Waals surface area contributed by atoms with Crippen LogP contribution in [0, 0.1) is 11.8 Å². The standard InChI is InChI=1S/C15H24N2O3S/c1-11-8-13(11)10-17-21(18,19)15-5-4-14(20-3)9-12(15)6-7-16-2/h4-5,9,11,13,16-17H,6-8,10H2,1-3H3. The van der Waals surface area contributed by atoms with Crippen LogP contribution in [0.25, 0.3) is 0 Å². The van der Waals surface area contributed by atoms with Gasteiger partial charge in [-0.25, -0.2) is 13.1 Å². The quantitative estimate of drug-likeness (QED) is 0.761. The predicted molar refractivity (Wildman–Crippen MR) is 83.1 cm³/mol. The lowest BCUT2D eigenvalue weighted by atomic mass is 10.1. The number of hydrogen-bond donors (Lipinski definition) is 2. The van der Waals surface area contributed by atoms with Crippen molar-refractivity contribution in [1.82, 2.24) is 10.0 Å². The molecule has 0 bridgehead atoms. The van der Waals surface area contributed by atoms with Gasteiger partial charge in [0.25, 0.3) is 0 Å². The molecule has 0 heterocycles. The van der Waals surface area contributed by atoms with Gasteiger partial charge < -0.3 is 10.1 Å². The summed E-state index contributed by atoms with van der Waals surface area (Å²) in [6, 6.07) is 5.12. The molecule has 2 atom stereocenters. The SMILES string of the molecule is CNCCc1cc(OC)ccc1S(=O)(=O)NCC1CC1C. The number of likely N-dealkylation sites (N-methyl/N-ethyl adjacent to an activating group) is 1. The molecule has 2 unspecified atom stereocenters. The van der Waals surface area contributed by atoms with E-state index in [0.29, 0.717) is 35.4 Å². The van der Waals surface area contributed by atoms with Gasteiger partial charge in [-0.3, -0.25) is 0 Å². The minimum Gasteiger partial charge on any atom is -0.497 e. The van der Waals surface area contributed by atoms with Crippen LogP contribution >= 0.6 is 0 Å². The first kappa shape index (κ1) is 16.3. The molecule has 1 fully saturated rings. The average molecular weight is 312 g/mol. The lowest BCUT2D eigenvalue weighted by Gasteiger charge is -2.13. The monoisotopic (exact) mass is 312 g/mol. The van der Waals surface area contributed by atoms with E-state index in [2.05, 4.69) is 17.0 Å². The van der Waals surface area contributed by atoms with Gasteiger partial charge in [0.15, 0.2) is 0 Å². The molecule has 0 aliphatic heterocycles. The largest absolute Gasteiger partial charge is 0.497 e. The summed E-state index contributed by atoms with van der Waals surface area (Å²) in [4.78, 5) is 0.354. The summed E-state index contributed by atoms with van der Waals surface area (Å²) in [7, 11) is -0.0284. The van der Waals surface area contributed by atoms with Gasteiger partial charge in [0.1, 0.15) is 5.75 Å². The second kappa shape index (κ2) is 6.77.